The average molecular weight is 152 g/mol. The molecule has 0 aromatic carbocycles. The van der Waals surface area contributed by atoms with E-state index in [-0.39, 0.29) is 0 Å². The normalized spacial score (nSPS) is 11.1. The largest absolute Gasteiger partial charge is 0.460 e. The van der Waals surface area contributed by atoms with E-state index >= 15 is 0 Å². The summed E-state index contributed by atoms with van der Waals surface area (Å²) in [5.74, 6) is 1.59. The molecule has 0 aliphatic carbocycles. The third-order valence-electron chi connectivity index (χ3n) is 1.30. The minimum Gasteiger partial charge on any atom is -0.460 e. The van der Waals surface area contributed by atoms with Gasteiger partial charge in [0.2, 0.25) is 0 Å². The van der Waals surface area contributed by atoms with Gasteiger partial charge in [0.05, 0.1) is 6.54 Å². The Balaban J connectivity index is 2.65. The Hall–Kier alpha value is -1.06. The van der Waals surface area contributed by atoms with Crippen LogP contribution in [0.1, 0.15) is 11.5 Å². The van der Waals surface area contributed by atoms with Crippen molar-refractivity contribution in [2.24, 2.45) is 11.5 Å². The summed E-state index contributed by atoms with van der Waals surface area (Å²) in [5, 5.41) is 0. The summed E-state index contributed by atoms with van der Waals surface area (Å²) >= 11 is 0. The van der Waals surface area contributed by atoms with E-state index < -0.39 is 0 Å². The summed E-state index contributed by atoms with van der Waals surface area (Å²) in [6.45, 7) is 0.967. The van der Waals surface area contributed by atoms with Crippen LogP contribution in [-0.4, -0.2) is 6.54 Å². The maximum Gasteiger partial charge on any atom is 0.126 e. The summed E-state index contributed by atoms with van der Waals surface area (Å²) in [6, 6.07) is 3.73. The molecule has 0 saturated carbocycles. The zero-order chi connectivity index (χ0) is 8.10. The van der Waals surface area contributed by atoms with E-state index in [1.807, 2.05) is 24.3 Å². The van der Waals surface area contributed by atoms with Gasteiger partial charge in [0.1, 0.15) is 11.5 Å². The van der Waals surface area contributed by atoms with Crippen LogP contribution in [0, 0.1) is 0 Å². The van der Waals surface area contributed by atoms with Crippen molar-refractivity contribution in [3.8, 4) is 0 Å². The molecular formula is C8H12N2O. The molecule has 0 unspecified atom stereocenters. The Bertz CT molecular complexity index is 240. The highest BCUT2D eigenvalue weighted by Gasteiger charge is 1.94. The molecule has 1 rings (SSSR count). The van der Waals surface area contributed by atoms with Crippen LogP contribution >= 0.6 is 0 Å². The lowest BCUT2D eigenvalue weighted by atomic mass is 10.4. The van der Waals surface area contributed by atoms with Gasteiger partial charge in [-0.1, -0.05) is 6.08 Å². The molecule has 3 nitrogen and oxygen atoms in total. The molecule has 1 aromatic heterocycles. The number of hydrogen-bond acceptors (Lipinski definition) is 3. The van der Waals surface area contributed by atoms with Crippen molar-refractivity contribution in [1.29, 1.82) is 0 Å². The highest BCUT2D eigenvalue weighted by Crippen LogP contribution is 2.07. The van der Waals surface area contributed by atoms with Crippen molar-refractivity contribution >= 4 is 6.08 Å². The van der Waals surface area contributed by atoms with E-state index in [0.29, 0.717) is 13.1 Å². The second-order valence-electron chi connectivity index (χ2n) is 2.15. The van der Waals surface area contributed by atoms with Crippen molar-refractivity contribution in [3.63, 3.8) is 0 Å². The molecule has 60 valence electrons. The van der Waals surface area contributed by atoms with Gasteiger partial charge in [-0.2, -0.15) is 0 Å². The highest BCUT2D eigenvalue weighted by atomic mass is 16.3. The summed E-state index contributed by atoms with van der Waals surface area (Å²) < 4.78 is 5.27. The van der Waals surface area contributed by atoms with Crippen molar-refractivity contribution in [3.05, 3.63) is 29.7 Å². The zero-order valence-corrected chi connectivity index (χ0v) is 6.29. The van der Waals surface area contributed by atoms with Crippen molar-refractivity contribution in [2.75, 3.05) is 6.54 Å². The first-order chi connectivity index (χ1) is 5.36. The van der Waals surface area contributed by atoms with E-state index in [1.54, 1.807) is 0 Å². The Morgan fingerprint density at radius 3 is 2.73 bits per heavy atom. The molecular weight excluding hydrogens is 140 g/mol. The molecule has 0 atom stereocenters. The first-order valence-corrected chi connectivity index (χ1v) is 3.52. The van der Waals surface area contributed by atoms with Gasteiger partial charge in [0.25, 0.3) is 0 Å². The van der Waals surface area contributed by atoms with Gasteiger partial charge in [-0.15, -0.1) is 0 Å². The number of hydrogen-bond donors (Lipinski definition) is 2. The molecule has 11 heavy (non-hydrogen) atoms. The van der Waals surface area contributed by atoms with Crippen molar-refractivity contribution < 1.29 is 4.42 Å². The van der Waals surface area contributed by atoms with Gasteiger partial charge in [-0.25, -0.2) is 0 Å². The second kappa shape index (κ2) is 3.95. The molecule has 0 amide bonds. The fraction of sp³-hybridized carbons (Fsp3) is 0.250. The molecule has 0 bridgehead atoms. The maximum atomic E-state index is 5.35. The van der Waals surface area contributed by atoms with Crippen molar-refractivity contribution in [1.82, 2.24) is 0 Å². The van der Waals surface area contributed by atoms with Crippen LogP contribution in [0.3, 0.4) is 0 Å². The van der Waals surface area contributed by atoms with Crippen LogP contribution in [-0.2, 0) is 6.54 Å². The molecule has 4 N–H and O–H groups in total. The lowest BCUT2D eigenvalue weighted by molar-refractivity contribution is 0.504. The van der Waals surface area contributed by atoms with Gasteiger partial charge in [-0.3, -0.25) is 0 Å². The summed E-state index contributed by atoms with van der Waals surface area (Å²) in [5.41, 5.74) is 10.6. The van der Waals surface area contributed by atoms with Gasteiger partial charge >= 0.3 is 0 Å². The molecule has 0 aliphatic rings. The van der Waals surface area contributed by atoms with Crippen LogP contribution < -0.4 is 11.5 Å². The van der Waals surface area contributed by atoms with E-state index in [1.165, 1.54) is 0 Å². The lowest BCUT2D eigenvalue weighted by Crippen LogP contribution is -1.92. The molecule has 0 fully saturated rings. The molecule has 0 radical (unpaired) electrons. The Kier molecular flexibility index (Phi) is 2.89. The third kappa shape index (κ3) is 2.22. The monoisotopic (exact) mass is 152 g/mol. The molecule has 0 aliphatic heterocycles. The van der Waals surface area contributed by atoms with Gasteiger partial charge in [0.15, 0.2) is 0 Å². The fourth-order valence-electron chi connectivity index (χ4n) is 0.778. The Morgan fingerprint density at radius 2 is 2.18 bits per heavy atom. The zero-order valence-electron chi connectivity index (χ0n) is 6.29. The highest BCUT2D eigenvalue weighted by molar-refractivity contribution is 5.42. The van der Waals surface area contributed by atoms with Crippen LogP contribution in [0.15, 0.2) is 22.6 Å². The smallest absolute Gasteiger partial charge is 0.126 e. The predicted octanol–water partition coefficient (Wildman–Crippen LogP) is 0.710. The van der Waals surface area contributed by atoms with Gasteiger partial charge in [-0.05, 0) is 18.2 Å². The van der Waals surface area contributed by atoms with Crippen LogP contribution in [0.4, 0.5) is 0 Å². The summed E-state index contributed by atoms with van der Waals surface area (Å²) in [6.07, 6.45) is 3.66. The standard InChI is InChI=1S/C8H12N2O/c9-5-1-2-7-3-4-8(6-10)11-7/h1-4H,5-6,9-10H2/b2-1+. The van der Waals surface area contributed by atoms with Crippen LogP contribution in [0.5, 0.6) is 0 Å². The summed E-state index contributed by atoms with van der Waals surface area (Å²) in [4.78, 5) is 0. The Morgan fingerprint density at radius 1 is 1.36 bits per heavy atom. The quantitative estimate of drug-likeness (QED) is 0.670. The van der Waals surface area contributed by atoms with E-state index in [9.17, 15) is 0 Å². The number of furan rings is 1. The first kappa shape index (κ1) is 8.04. The number of rotatable bonds is 3. The maximum absolute atomic E-state index is 5.35. The predicted molar refractivity (Wildman–Crippen MR) is 44.7 cm³/mol. The van der Waals surface area contributed by atoms with Crippen molar-refractivity contribution in [2.45, 2.75) is 6.54 Å². The third-order valence-corrected chi connectivity index (χ3v) is 1.30. The number of nitrogens with two attached hydrogens (primary N) is 2. The Labute approximate surface area is 65.7 Å². The van der Waals surface area contributed by atoms with Crippen LogP contribution in [0.2, 0.25) is 0 Å². The van der Waals surface area contributed by atoms with Crippen LogP contribution in [0.25, 0.3) is 6.08 Å². The van der Waals surface area contributed by atoms with E-state index in [2.05, 4.69) is 0 Å². The molecule has 1 heterocycles. The fourth-order valence-corrected chi connectivity index (χ4v) is 0.778. The topological polar surface area (TPSA) is 65.2 Å². The molecule has 1 aromatic rings. The molecule has 3 heteroatoms. The van der Waals surface area contributed by atoms with E-state index in [0.717, 1.165) is 11.5 Å². The lowest BCUT2D eigenvalue weighted by Gasteiger charge is -1.86. The van der Waals surface area contributed by atoms with E-state index in [4.69, 9.17) is 15.9 Å². The average Bonchev–Trinajstić information content (AvgIpc) is 2.48. The minimum absolute atomic E-state index is 0.441. The molecule has 0 saturated heterocycles. The minimum atomic E-state index is 0.441. The first-order valence-electron chi connectivity index (χ1n) is 3.52. The molecule has 0 spiro atoms. The van der Waals surface area contributed by atoms with Gasteiger partial charge in [0, 0.05) is 6.54 Å². The second-order valence-corrected chi connectivity index (χ2v) is 2.15. The summed E-state index contributed by atoms with van der Waals surface area (Å²) in [7, 11) is 0. The van der Waals surface area contributed by atoms with Gasteiger partial charge < -0.3 is 15.9 Å². The SMILES string of the molecule is NC/C=C/c1ccc(CN)o1.